The average Bonchev–Trinajstić information content (AvgIpc) is 2.44. The quantitative estimate of drug-likeness (QED) is 0.756. The molecule has 0 aromatic carbocycles. The zero-order valence-corrected chi connectivity index (χ0v) is 14.1. The predicted octanol–water partition coefficient (Wildman–Crippen LogP) is 1.71. The molecule has 0 unspecified atom stereocenters. The average molecular weight is 318 g/mol. The summed E-state index contributed by atoms with van der Waals surface area (Å²) in [5, 5.41) is 9.62. The van der Waals surface area contributed by atoms with Gasteiger partial charge in [0.05, 0.1) is 5.41 Å². The SMILES string of the molecule is CCN(C)S(=O)(=O)N1CCC[C@](CC=C(C)C)(C(=O)O)C1. The predicted molar refractivity (Wildman–Crippen MR) is 82.1 cm³/mol. The first-order chi connectivity index (χ1) is 9.65. The number of piperidine rings is 1. The number of carboxylic acids is 1. The van der Waals surface area contributed by atoms with E-state index in [1.165, 1.54) is 15.7 Å². The molecule has 1 rings (SSSR count). The number of allylic oxidation sites excluding steroid dienone is 2. The molecule has 6 nitrogen and oxygen atoms in total. The first kappa shape index (κ1) is 18.1. The third kappa shape index (κ3) is 4.05. The molecule has 0 aromatic heterocycles. The summed E-state index contributed by atoms with van der Waals surface area (Å²) in [6, 6.07) is 0. The lowest BCUT2D eigenvalue weighted by Crippen LogP contribution is -2.53. The zero-order chi connectivity index (χ0) is 16.3. The minimum atomic E-state index is -3.57. The molecule has 7 heteroatoms. The van der Waals surface area contributed by atoms with Gasteiger partial charge in [-0.1, -0.05) is 18.6 Å². The van der Waals surface area contributed by atoms with Crippen molar-refractivity contribution in [3.8, 4) is 0 Å². The van der Waals surface area contributed by atoms with E-state index in [9.17, 15) is 18.3 Å². The van der Waals surface area contributed by atoms with Crippen LogP contribution in [0, 0.1) is 5.41 Å². The fourth-order valence-electron chi connectivity index (χ4n) is 2.47. The Balaban J connectivity index is 3.05. The molecule has 0 spiro atoms. The van der Waals surface area contributed by atoms with Gasteiger partial charge in [0, 0.05) is 26.7 Å². The maximum Gasteiger partial charge on any atom is 0.311 e. The van der Waals surface area contributed by atoms with Gasteiger partial charge in [0.25, 0.3) is 10.2 Å². The standard InChI is InChI=1S/C14H26N2O4S/c1-5-15(4)21(19,20)16-10-6-8-14(11-16,13(17)18)9-7-12(2)3/h7H,5-6,8-11H2,1-4H3,(H,17,18)/t14-/m1/s1. The van der Waals surface area contributed by atoms with Crippen molar-refractivity contribution in [3.63, 3.8) is 0 Å². The summed E-state index contributed by atoms with van der Waals surface area (Å²) < 4.78 is 27.4. The van der Waals surface area contributed by atoms with Crippen molar-refractivity contribution in [1.29, 1.82) is 0 Å². The monoisotopic (exact) mass is 318 g/mol. The van der Waals surface area contributed by atoms with Crippen molar-refractivity contribution >= 4 is 16.2 Å². The topological polar surface area (TPSA) is 77.9 Å². The summed E-state index contributed by atoms with van der Waals surface area (Å²) >= 11 is 0. The first-order valence-electron chi connectivity index (χ1n) is 7.24. The second-order valence-electron chi connectivity index (χ2n) is 5.93. The van der Waals surface area contributed by atoms with Crippen LogP contribution in [-0.4, -0.2) is 54.8 Å². The van der Waals surface area contributed by atoms with Crippen LogP contribution in [0.15, 0.2) is 11.6 Å². The van der Waals surface area contributed by atoms with Crippen LogP contribution in [-0.2, 0) is 15.0 Å². The van der Waals surface area contributed by atoms with Crippen molar-refractivity contribution < 1.29 is 18.3 Å². The Morgan fingerprint density at radius 1 is 1.43 bits per heavy atom. The van der Waals surface area contributed by atoms with E-state index in [0.717, 1.165) is 5.57 Å². The summed E-state index contributed by atoms with van der Waals surface area (Å²) in [5.41, 5.74) is 0.0262. The smallest absolute Gasteiger partial charge is 0.311 e. The molecular formula is C14H26N2O4S. The molecule has 1 heterocycles. The van der Waals surface area contributed by atoms with E-state index in [-0.39, 0.29) is 6.54 Å². The Kier molecular flexibility index (Phi) is 5.95. The molecule has 0 aromatic rings. The van der Waals surface area contributed by atoms with Crippen LogP contribution in [0.1, 0.15) is 40.0 Å². The Hall–Kier alpha value is -0.920. The van der Waals surface area contributed by atoms with E-state index in [1.807, 2.05) is 19.9 Å². The Morgan fingerprint density at radius 2 is 2.05 bits per heavy atom. The summed E-state index contributed by atoms with van der Waals surface area (Å²) in [4.78, 5) is 11.7. The van der Waals surface area contributed by atoms with Crippen molar-refractivity contribution in [2.24, 2.45) is 5.41 Å². The molecule has 1 N–H and O–H groups in total. The fourth-order valence-corrected chi connectivity index (χ4v) is 3.97. The van der Waals surface area contributed by atoms with Crippen LogP contribution in [0.4, 0.5) is 0 Å². The second-order valence-corrected chi connectivity index (χ2v) is 7.97. The lowest BCUT2D eigenvalue weighted by atomic mass is 9.77. The van der Waals surface area contributed by atoms with E-state index in [0.29, 0.717) is 32.4 Å². The molecule has 0 aliphatic carbocycles. The van der Waals surface area contributed by atoms with Gasteiger partial charge in [-0.3, -0.25) is 4.79 Å². The van der Waals surface area contributed by atoms with Gasteiger partial charge in [-0.2, -0.15) is 17.0 Å². The number of nitrogens with zero attached hydrogens (tertiary/aromatic N) is 2. The van der Waals surface area contributed by atoms with Crippen LogP contribution < -0.4 is 0 Å². The van der Waals surface area contributed by atoms with E-state index >= 15 is 0 Å². The first-order valence-corrected chi connectivity index (χ1v) is 8.63. The molecule has 21 heavy (non-hydrogen) atoms. The number of carbonyl (C=O) groups is 1. The van der Waals surface area contributed by atoms with Crippen LogP contribution in [0.5, 0.6) is 0 Å². The lowest BCUT2D eigenvalue weighted by Gasteiger charge is -2.40. The van der Waals surface area contributed by atoms with Crippen LogP contribution in [0.3, 0.4) is 0 Å². The van der Waals surface area contributed by atoms with Gasteiger partial charge in [0.15, 0.2) is 0 Å². The molecule has 0 bridgehead atoms. The second kappa shape index (κ2) is 6.89. The summed E-state index contributed by atoms with van der Waals surface area (Å²) in [5.74, 6) is -0.918. The van der Waals surface area contributed by atoms with Gasteiger partial charge in [-0.05, 0) is 33.1 Å². The maximum absolute atomic E-state index is 12.4. The number of aliphatic carboxylic acids is 1. The molecule has 0 amide bonds. The normalized spacial score (nSPS) is 24.0. The number of hydrogen-bond acceptors (Lipinski definition) is 3. The molecule has 0 radical (unpaired) electrons. The van der Waals surface area contributed by atoms with Crippen molar-refractivity contribution in [2.75, 3.05) is 26.7 Å². The molecular weight excluding hydrogens is 292 g/mol. The number of rotatable bonds is 6. The largest absolute Gasteiger partial charge is 0.481 e. The minimum absolute atomic E-state index is 0.0405. The molecule has 1 fully saturated rings. The van der Waals surface area contributed by atoms with Crippen molar-refractivity contribution in [1.82, 2.24) is 8.61 Å². The van der Waals surface area contributed by atoms with Gasteiger partial charge >= 0.3 is 5.97 Å². The van der Waals surface area contributed by atoms with Gasteiger partial charge in [-0.25, -0.2) is 0 Å². The lowest BCUT2D eigenvalue weighted by molar-refractivity contribution is -0.151. The molecule has 1 aliphatic rings. The zero-order valence-electron chi connectivity index (χ0n) is 13.3. The highest BCUT2D eigenvalue weighted by atomic mass is 32.2. The Morgan fingerprint density at radius 3 is 2.52 bits per heavy atom. The minimum Gasteiger partial charge on any atom is -0.481 e. The highest BCUT2D eigenvalue weighted by Crippen LogP contribution is 2.36. The van der Waals surface area contributed by atoms with E-state index < -0.39 is 21.6 Å². The van der Waals surface area contributed by atoms with Gasteiger partial charge < -0.3 is 5.11 Å². The maximum atomic E-state index is 12.4. The molecule has 122 valence electrons. The van der Waals surface area contributed by atoms with Gasteiger partial charge in [-0.15, -0.1) is 0 Å². The highest BCUT2D eigenvalue weighted by molar-refractivity contribution is 7.86. The van der Waals surface area contributed by atoms with Gasteiger partial charge in [0.1, 0.15) is 0 Å². The van der Waals surface area contributed by atoms with Crippen molar-refractivity contribution in [2.45, 2.75) is 40.0 Å². The van der Waals surface area contributed by atoms with Crippen LogP contribution in [0.2, 0.25) is 0 Å². The van der Waals surface area contributed by atoms with E-state index in [2.05, 4.69) is 0 Å². The third-order valence-corrected chi connectivity index (χ3v) is 6.07. The van der Waals surface area contributed by atoms with Crippen molar-refractivity contribution in [3.05, 3.63) is 11.6 Å². The molecule has 1 atom stereocenters. The number of carboxylic acid groups (broad SMARTS) is 1. The van der Waals surface area contributed by atoms with Crippen LogP contribution >= 0.6 is 0 Å². The summed E-state index contributed by atoms with van der Waals surface area (Å²) in [6.45, 7) is 6.38. The molecule has 1 saturated heterocycles. The summed E-state index contributed by atoms with van der Waals surface area (Å²) in [7, 11) is -2.06. The number of hydrogen-bond donors (Lipinski definition) is 1. The van der Waals surface area contributed by atoms with Crippen LogP contribution in [0.25, 0.3) is 0 Å². The van der Waals surface area contributed by atoms with E-state index in [4.69, 9.17) is 0 Å². The van der Waals surface area contributed by atoms with E-state index in [1.54, 1.807) is 6.92 Å². The Labute approximate surface area is 127 Å². The highest BCUT2D eigenvalue weighted by Gasteiger charge is 2.45. The molecule has 1 aliphatic heterocycles. The molecule has 0 saturated carbocycles. The fraction of sp³-hybridized carbons (Fsp3) is 0.786. The summed E-state index contributed by atoms with van der Waals surface area (Å²) in [6.07, 6.45) is 3.33. The third-order valence-electron chi connectivity index (χ3n) is 4.06. The Bertz CT molecular complexity index is 511. The van der Waals surface area contributed by atoms with Gasteiger partial charge in [0.2, 0.25) is 0 Å².